The molecule has 0 radical (unpaired) electrons. The van der Waals surface area contributed by atoms with Gasteiger partial charge in [-0.3, -0.25) is 9.59 Å². The Balaban J connectivity index is 1.53. The van der Waals surface area contributed by atoms with Gasteiger partial charge in [0, 0.05) is 24.2 Å². The van der Waals surface area contributed by atoms with Gasteiger partial charge in [0.15, 0.2) is 5.92 Å². The monoisotopic (exact) mass is 574 g/mol. The lowest BCUT2D eigenvalue weighted by molar-refractivity contribution is -0.155. The van der Waals surface area contributed by atoms with Crippen LogP contribution in [0.2, 0.25) is 0 Å². The van der Waals surface area contributed by atoms with Gasteiger partial charge in [0.2, 0.25) is 17.8 Å². The van der Waals surface area contributed by atoms with Crippen LogP contribution in [0.1, 0.15) is 28.8 Å². The summed E-state index contributed by atoms with van der Waals surface area (Å²) in [5, 5.41) is 8.41. The van der Waals surface area contributed by atoms with Crippen LogP contribution in [0.4, 0.5) is 18.9 Å². The average molecular weight is 575 g/mol. The quantitative estimate of drug-likeness (QED) is 0.468. The smallest absolute Gasteiger partial charge is 0.402 e. The summed E-state index contributed by atoms with van der Waals surface area (Å²) in [5.74, 6) is -2.99. The van der Waals surface area contributed by atoms with Crippen molar-refractivity contribution in [3.63, 3.8) is 0 Å². The number of hydrogen-bond donors (Lipinski definition) is 3. The first-order chi connectivity index (χ1) is 19.6. The fourth-order valence-electron chi connectivity index (χ4n) is 4.48. The maximum atomic E-state index is 13.9. The fraction of sp³-hybridized carbons (Fsp3) is 0.429. The van der Waals surface area contributed by atoms with Crippen molar-refractivity contribution in [1.82, 2.24) is 15.5 Å². The summed E-state index contributed by atoms with van der Waals surface area (Å²) in [5.41, 5.74) is 1.15. The molecule has 4 rings (SSSR count). The second-order valence-electron chi connectivity index (χ2n) is 9.86. The number of halogens is 3. The molecule has 2 aromatic rings. The van der Waals surface area contributed by atoms with Crippen molar-refractivity contribution in [1.29, 1.82) is 0 Å². The molecule has 2 aliphatic rings. The van der Waals surface area contributed by atoms with Crippen molar-refractivity contribution < 1.29 is 32.2 Å². The summed E-state index contributed by atoms with van der Waals surface area (Å²) in [6, 6.07) is 11.1. The molecule has 0 spiro atoms. The highest BCUT2D eigenvalue weighted by Crippen LogP contribution is 2.33. The van der Waals surface area contributed by atoms with Crippen LogP contribution in [0.25, 0.3) is 0 Å². The number of nitrogens with zero attached hydrogens (tertiary/aromatic N) is 3. The third-order valence-corrected chi connectivity index (χ3v) is 6.91. The van der Waals surface area contributed by atoms with Crippen molar-refractivity contribution in [2.45, 2.75) is 31.5 Å². The number of benzene rings is 2. The number of nitrogens with one attached hydrogen (secondary N) is 3. The summed E-state index contributed by atoms with van der Waals surface area (Å²) >= 11 is 0. The number of para-hydroxylation sites is 1. The Morgan fingerprint density at radius 3 is 2.51 bits per heavy atom. The number of likely N-dealkylation sites (N-methyl/N-ethyl adjacent to an activating group) is 1. The van der Waals surface area contributed by atoms with E-state index in [2.05, 4.69) is 30.8 Å². The zero-order chi connectivity index (χ0) is 29.6. The van der Waals surface area contributed by atoms with Crippen molar-refractivity contribution >= 4 is 29.4 Å². The Labute approximate surface area is 236 Å². The van der Waals surface area contributed by atoms with Crippen LogP contribution in [-0.2, 0) is 11.2 Å². The van der Waals surface area contributed by atoms with E-state index in [0.29, 0.717) is 16.8 Å². The zero-order valence-corrected chi connectivity index (χ0v) is 23.0. The van der Waals surface area contributed by atoms with Gasteiger partial charge in [0.05, 0.1) is 25.8 Å². The van der Waals surface area contributed by atoms with E-state index in [-0.39, 0.29) is 41.7 Å². The van der Waals surface area contributed by atoms with Crippen molar-refractivity contribution in [2.75, 3.05) is 46.2 Å². The Morgan fingerprint density at radius 2 is 1.83 bits per heavy atom. The lowest BCUT2D eigenvalue weighted by atomic mass is 10.0. The van der Waals surface area contributed by atoms with Gasteiger partial charge in [0.1, 0.15) is 11.5 Å². The molecule has 41 heavy (non-hydrogen) atoms. The van der Waals surface area contributed by atoms with E-state index in [1.54, 1.807) is 36.4 Å². The maximum absolute atomic E-state index is 13.9. The second-order valence-corrected chi connectivity index (χ2v) is 9.86. The number of amides is 2. The van der Waals surface area contributed by atoms with Crippen LogP contribution < -0.4 is 25.4 Å². The normalized spacial score (nSPS) is 18.1. The number of ether oxygens (including phenoxy) is 2. The minimum absolute atomic E-state index is 0.0786. The van der Waals surface area contributed by atoms with Gasteiger partial charge in [-0.1, -0.05) is 18.2 Å². The molecular weight excluding hydrogens is 541 g/mol. The largest absolute Gasteiger partial charge is 0.495 e. The maximum Gasteiger partial charge on any atom is 0.402 e. The fourth-order valence-corrected chi connectivity index (χ4v) is 4.48. The van der Waals surface area contributed by atoms with E-state index in [0.717, 1.165) is 25.9 Å². The van der Waals surface area contributed by atoms with Crippen LogP contribution >= 0.6 is 0 Å². The highest BCUT2D eigenvalue weighted by atomic mass is 19.4. The minimum Gasteiger partial charge on any atom is -0.495 e. The van der Waals surface area contributed by atoms with Crippen LogP contribution in [0, 0.1) is 5.92 Å². The van der Waals surface area contributed by atoms with Crippen LogP contribution in [0.5, 0.6) is 11.5 Å². The molecule has 220 valence electrons. The molecule has 0 saturated carbocycles. The topological polar surface area (TPSA) is 117 Å². The standard InChI is InChI=1S/C28H33F3N6O4/c1-32-24(38)15-17-6-4-5-7-22(17)41-26-20(28(29,30)31)16-33-27(36-26)35-21-9-8-18(14-23(21)40-3)25(39)34-19-10-12-37(2)13-11-19/h4-9,14,19-20H,10-13,15-16H2,1-3H3,(H,32,38)(H,33,35)(H,34,39). The molecule has 1 saturated heterocycles. The summed E-state index contributed by atoms with van der Waals surface area (Å²) in [6.45, 7) is 1.16. The summed E-state index contributed by atoms with van der Waals surface area (Å²) in [4.78, 5) is 35.0. The SMILES string of the molecule is CNC(=O)Cc1ccccc1OC1=NC(Nc2ccc(C(=O)NC3CCN(C)CC3)cc2OC)=NCC1C(F)(F)F. The van der Waals surface area contributed by atoms with Gasteiger partial charge >= 0.3 is 6.18 Å². The number of rotatable bonds is 7. The number of guanidine groups is 1. The van der Waals surface area contributed by atoms with Crippen molar-refractivity contribution in [3.8, 4) is 11.5 Å². The summed E-state index contributed by atoms with van der Waals surface area (Å²) in [7, 11) is 4.93. The number of carbonyl (C=O) groups excluding carboxylic acids is 2. The summed E-state index contributed by atoms with van der Waals surface area (Å²) < 4.78 is 52.7. The van der Waals surface area contributed by atoms with E-state index < -0.39 is 24.5 Å². The van der Waals surface area contributed by atoms with Gasteiger partial charge < -0.3 is 30.3 Å². The number of piperidine rings is 1. The van der Waals surface area contributed by atoms with E-state index in [9.17, 15) is 22.8 Å². The molecule has 13 heteroatoms. The average Bonchev–Trinajstić information content (AvgIpc) is 2.95. The Hall–Kier alpha value is -4.13. The van der Waals surface area contributed by atoms with Crippen LogP contribution in [0.3, 0.4) is 0 Å². The van der Waals surface area contributed by atoms with Crippen molar-refractivity contribution in [3.05, 3.63) is 53.6 Å². The molecule has 0 aromatic heterocycles. The first-order valence-electron chi connectivity index (χ1n) is 13.2. The lowest BCUT2D eigenvalue weighted by Gasteiger charge is -2.29. The highest BCUT2D eigenvalue weighted by Gasteiger charge is 2.46. The van der Waals surface area contributed by atoms with Gasteiger partial charge in [-0.15, -0.1) is 0 Å². The zero-order valence-electron chi connectivity index (χ0n) is 23.0. The Kier molecular flexibility index (Phi) is 9.48. The van der Waals surface area contributed by atoms with E-state index in [4.69, 9.17) is 9.47 Å². The number of methoxy groups -OCH3 is 1. The molecule has 0 bridgehead atoms. The van der Waals surface area contributed by atoms with Crippen molar-refractivity contribution in [2.24, 2.45) is 15.9 Å². The molecule has 3 N–H and O–H groups in total. The number of aliphatic imine (C=N–C) groups is 2. The molecule has 1 unspecified atom stereocenters. The van der Waals surface area contributed by atoms with Gasteiger partial charge in [-0.2, -0.15) is 18.2 Å². The Bertz CT molecular complexity index is 1320. The molecular formula is C28H33F3N6O4. The molecule has 2 aliphatic heterocycles. The van der Waals surface area contributed by atoms with Crippen LogP contribution in [0.15, 0.2) is 52.4 Å². The van der Waals surface area contributed by atoms with E-state index in [1.165, 1.54) is 20.2 Å². The lowest BCUT2D eigenvalue weighted by Crippen LogP contribution is -2.43. The molecule has 2 amide bonds. The number of carbonyl (C=O) groups is 2. The highest BCUT2D eigenvalue weighted by molar-refractivity contribution is 6.05. The third-order valence-electron chi connectivity index (χ3n) is 6.91. The predicted molar refractivity (Wildman–Crippen MR) is 149 cm³/mol. The van der Waals surface area contributed by atoms with Gasteiger partial charge in [0.25, 0.3) is 5.91 Å². The van der Waals surface area contributed by atoms with E-state index in [1.807, 2.05) is 7.05 Å². The number of anilines is 1. The Morgan fingerprint density at radius 1 is 1.10 bits per heavy atom. The molecule has 0 aliphatic carbocycles. The molecule has 10 nitrogen and oxygen atoms in total. The molecule has 2 heterocycles. The molecule has 1 fully saturated rings. The molecule has 1 atom stereocenters. The van der Waals surface area contributed by atoms with Gasteiger partial charge in [-0.25, -0.2) is 4.99 Å². The second kappa shape index (κ2) is 13.0. The predicted octanol–water partition coefficient (Wildman–Crippen LogP) is 3.25. The number of alkyl halides is 3. The first-order valence-corrected chi connectivity index (χ1v) is 13.2. The van der Waals surface area contributed by atoms with Gasteiger partial charge in [-0.05, 0) is 57.2 Å². The third kappa shape index (κ3) is 7.75. The number of hydrogen-bond acceptors (Lipinski definition) is 8. The summed E-state index contributed by atoms with van der Waals surface area (Å²) in [6.07, 6.45) is -3.03. The van der Waals surface area contributed by atoms with E-state index >= 15 is 0 Å². The van der Waals surface area contributed by atoms with Crippen LogP contribution in [-0.4, -0.2) is 81.6 Å². The first kappa shape index (κ1) is 29.8. The molecule has 2 aromatic carbocycles. The minimum atomic E-state index is -4.66. The number of likely N-dealkylation sites (tertiary alicyclic amines) is 1.